The fourth-order valence-electron chi connectivity index (χ4n) is 4.01. The van der Waals surface area contributed by atoms with Crippen molar-refractivity contribution in [2.75, 3.05) is 4.90 Å². The average molecular weight is 288 g/mol. The minimum atomic E-state index is -0.146. The summed E-state index contributed by atoms with van der Waals surface area (Å²) in [5.41, 5.74) is 1.54. The van der Waals surface area contributed by atoms with Gasteiger partial charge in [0.25, 0.3) is 0 Å². The third-order valence-corrected chi connectivity index (χ3v) is 5.11. The van der Waals surface area contributed by atoms with Crippen LogP contribution in [0.1, 0.15) is 12.0 Å². The van der Waals surface area contributed by atoms with Gasteiger partial charge < -0.3 is 0 Å². The molecule has 1 aromatic rings. The molecule has 2 aliphatic carbocycles. The van der Waals surface area contributed by atoms with Crippen LogP contribution < -0.4 is 4.90 Å². The summed E-state index contributed by atoms with van der Waals surface area (Å²) in [6.45, 7) is 1.88. The number of rotatable bonds is 1. The lowest BCUT2D eigenvalue weighted by Gasteiger charge is -2.19. The van der Waals surface area contributed by atoms with E-state index in [9.17, 15) is 9.59 Å². The first kappa shape index (κ1) is 12.2. The Labute approximate surface area is 122 Å². The molecule has 4 rings (SSSR count). The maximum Gasteiger partial charge on any atom is 0.238 e. The minimum absolute atomic E-state index is 0.0396. The summed E-state index contributed by atoms with van der Waals surface area (Å²) >= 11 is 5.95. The highest BCUT2D eigenvalue weighted by molar-refractivity contribution is 6.31. The Hall–Kier alpha value is -1.61. The van der Waals surface area contributed by atoms with Gasteiger partial charge in [-0.05, 0) is 48.9 Å². The fraction of sp³-hybridized carbons (Fsp3) is 0.375. The largest absolute Gasteiger partial charge is 0.274 e. The van der Waals surface area contributed by atoms with Gasteiger partial charge in [-0.25, -0.2) is 4.90 Å². The van der Waals surface area contributed by atoms with Crippen LogP contribution in [0.4, 0.5) is 5.69 Å². The first-order chi connectivity index (χ1) is 9.58. The first-order valence-electron chi connectivity index (χ1n) is 6.90. The molecule has 2 bridgehead atoms. The van der Waals surface area contributed by atoms with Gasteiger partial charge in [0.15, 0.2) is 0 Å². The summed E-state index contributed by atoms with van der Waals surface area (Å²) in [6, 6.07) is 5.29. The monoisotopic (exact) mass is 287 g/mol. The van der Waals surface area contributed by atoms with Gasteiger partial charge >= 0.3 is 0 Å². The van der Waals surface area contributed by atoms with Crippen LogP contribution >= 0.6 is 11.6 Å². The minimum Gasteiger partial charge on any atom is -0.274 e. The van der Waals surface area contributed by atoms with E-state index in [0.29, 0.717) is 10.7 Å². The quantitative estimate of drug-likeness (QED) is 0.588. The van der Waals surface area contributed by atoms with Gasteiger partial charge in [-0.15, -0.1) is 0 Å². The van der Waals surface area contributed by atoms with E-state index in [4.69, 9.17) is 11.6 Å². The first-order valence-corrected chi connectivity index (χ1v) is 7.28. The van der Waals surface area contributed by atoms with Gasteiger partial charge in [0, 0.05) is 5.02 Å². The van der Waals surface area contributed by atoms with Crippen molar-refractivity contribution in [3.05, 3.63) is 40.9 Å². The van der Waals surface area contributed by atoms with Crippen LogP contribution in [0.3, 0.4) is 0 Å². The summed E-state index contributed by atoms with van der Waals surface area (Å²) in [6.07, 6.45) is 5.17. The average Bonchev–Trinajstić information content (AvgIpc) is 3.06. The van der Waals surface area contributed by atoms with E-state index in [-0.39, 0.29) is 35.5 Å². The van der Waals surface area contributed by atoms with Crippen LogP contribution in [-0.2, 0) is 9.59 Å². The fourth-order valence-corrected chi connectivity index (χ4v) is 4.24. The molecule has 4 heteroatoms. The summed E-state index contributed by atoms with van der Waals surface area (Å²) in [5.74, 6) is 0.128. The second-order valence-electron chi connectivity index (χ2n) is 5.94. The number of imide groups is 1. The normalized spacial score (nSPS) is 34.2. The molecule has 20 heavy (non-hydrogen) atoms. The molecule has 0 N–H and O–H groups in total. The molecular formula is C16H14ClNO2. The molecule has 3 aliphatic rings. The van der Waals surface area contributed by atoms with Crippen LogP contribution in [-0.4, -0.2) is 11.8 Å². The molecule has 0 unspecified atom stereocenters. The van der Waals surface area contributed by atoms with Crippen LogP contribution in [0.5, 0.6) is 0 Å². The molecule has 1 saturated carbocycles. The molecular weight excluding hydrogens is 274 g/mol. The number of halogens is 1. The maximum absolute atomic E-state index is 12.7. The lowest BCUT2D eigenvalue weighted by atomic mass is 9.85. The number of benzene rings is 1. The molecule has 2 amide bonds. The molecule has 1 heterocycles. The van der Waals surface area contributed by atoms with Crippen LogP contribution in [0.25, 0.3) is 0 Å². The topological polar surface area (TPSA) is 37.4 Å². The van der Waals surface area contributed by atoms with Crippen molar-refractivity contribution >= 4 is 29.1 Å². The number of amides is 2. The van der Waals surface area contributed by atoms with Crippen molar-refractivity contribution in [1.82, 2.24) is 0 Å². The number of hydrogen-bond acceptors (Lipinski definition) is 2. The van der Waals surface area contributed by atoms with Crippen LogP contribution in [0.15, 0.2) is 30.4 Å². The number of nitrogens with zero attached hydrogens (tertiary/aromatic N) is 1. The third kappa shape index (κ3) is 1.41. The smallest absolute Gasteiger partial charge is 0.238 e. The molecule has 1 aliphatic heterocycles. The molecule has 0 spiro atoms. The van der Waals surface area contributed by atoms with Gasteiger partial charge in [0.2, 0.25) is 11.8 Å². The maximum atomic E-state index is 12.7. The Bertz CT molecular complexity index is 636. The number of carbonyl (C=O) groups is 2. The number of carbonyl (C=O) groups excluding carboxylic acids is 2. The second-order valence-corrected chi connectivity index (χ2v) is 6.38. The van der Waals surface area contributed by atoms with E-state index in [0.717, 1.165) is 12.0 Å². The van der Waals surface area contributed by atoms with E-state index >= 15 is 0 Å². The Kier molecular flexibility index (Phi) is 2.40. The third-order valence-electron chi connectivity index (χ3n) is 4.87. The Balaban J connectivity index is 1.78. The van der Waals surface area contributed by atoms with Crippen molar-refractivity contribution in [3.63, 3.8) is 0 Å². The zero-order valence-electron chi connectivity index (χ0n) is 11.0. The SMILES string of the molecule is Cc1cc(Cl)ccc1N1C(=O)[C@@H]2[C@@H](C1=O)[C@H]1C=C[C@@H]2C1. The van der Waals surface area contributed by atoms with Crippen molar-refractivity contribution in [2.45, 2.75) is 13.3 Å². The lowest BCUT2D eigenvalue weighted by molar-refractivity contribution is -0.123. The van der Waals surface area contributed by atoms with Gasteiger partial charge in [-0.2, -0.15) is 0 Å². The predicted octanol–water partition coefficient (Wildman–Crippen LogP) is 2.96. The number of hydrogen-bond donors (Lipinski definition) is 0. The van der Waals surface area contributed by atoms with Gasteiger partial charge in [0.1, 0.15) is 0 Å². The van der Waals surface area contributed by atoms with E-state index in [1.54, 1.807) is 18.2 Å². The predicted molar refractivity (Wildman–Crippen MR) is 76.4 cm³/mol. The Morgan fingerprint density at radius 2 is 1.70 bits per heavy atom. The highest BCUT2D eigenvalue weighted by Crippen LogP contribution is 2.53. The van der Waals surface area contributed by atoms with Gasteiger partial charge in [0.05, 0.1) is 17.5 Å². The molecule has 102 valence electrons. The van der Waals surface area contributed by atoms with Gasteiger partial charge in [-0.1, -0.05) is 23.8 Å². The summed E-state index contributed by atoms with van der Waals surface area (Å²) < 4.78 is 0. The summed E-state index contributed by atoms with van der Waals surface area (Å²) in [7, 11) is 0. The van der Waals surface area contributed by atoms with E-state index < -0.39 is 0 Å². The molecule has 4 atom stereocenters. The summed E-state index contributed by atoms with van der Waals surface area (Å²) in [4.78, 5) is 26.7. The number of anilines is 1. The highest BCUT2D eigenvalue weighted by Gasteiger charge is 2.59. The van der Waals surface area contributed by atoms with E-state index in [2.05, 4.69) is 12.2 Å². The molecule has 0 aromatic heterocycles. The van der Waals surface area contributed by atoms with E-state index in [1.807, 2.05) is 6.92 Å². The summed E-state index contributed by atoms with van der Waals surface area (Å²) in [5, 5.41) is 0.618. The van der Waals surface area contributed by atoms with Gasteiger partial charge in [-0.3, -0.25) is 9.59 Å². The van der Waals surface area contributed by atoms with Crippen molar-refractivity contribution in [1.29, 1.82) is 0 Å². The van der Waals surface area contributed by atoms with Crippen LogP contribution in [0.2, 0.25) is 5.02 Å². The molecule has 3 nitrogen and oxygen atoms in total. The van der Waals surface area contributed by atoms with Crippen LogP contribution in [0, 0.1) is 30.6 Å². The molecule has 1 aromatic carbocycles. The van der Waals surface area contributed by atoms with Crippen molar-refractivity contribution in [3.8, 4) is 0 Å². The zero-order chi connectivity index (χ0) is 14.0. The highest BCUT2D eigenvalue weighted by atomic mass is 35.5. The zero-order valence-corrected chi connectivity index (χ0v) is 11.8. The number of allylic oxidation sites excluding steroid dienone is 2. The Morgan fingerprint density at radius 3 is 2.25 bits per heavy atom. The van der Waals surface area contributed by atoms with Crippen molar-refractivity contribution < 1.29 is 9.59 Å². The van der Waals surface area contributed by atoms with E-state index in [1.165, 1.54) is 4.90 Å². The molecule has 0 radical (unpaired) electrons. The number of aryl methyl sites for hydroxylation is 1. The van der Waals surface area contributed by atoms with Crippen molar-refractivity contribution in [2.24, 2.45) is 23.7 Å². The number of fused-ring (bicyclic) bond motifs is 5. The lowest BCUT2D eigenvalue weighted by Crippen LogP contribution is -2.33. The standard InChI is InChI=1S/C16H14ClNO2/c1-8-6-11(17)4-5-12(8)18-15(19)13-9-2-3-10(7-9)14(13)16(18)20/h2-6,9-10,13-14H,7H2,1H3/t9-,10+,13-,14-/m0/s1. The molecule has 1 saturated heterocycles. The second kappa shape index (κ2) is 3.95. The Morgan fingerprint density at radius 1 is 1.10 bits per heavy atom. The molecule has 2 fully saturated rings.